The number of hydrogen-bond donors (Lipinski definition) is 5. The molecule has 26 nitrogen and oxygen atoms in total. The Labute approximate surface area is 573 Å². The minimum Gasteiger partial charge on any atom is -0.503 e. The number of rotatable bonds is 10. The van der Waals surface area contributed by atoms with Crippen molar-refractivity contribution in [1.82, 2.24) is 29.2 Å². The fourth-order valence-electron chi connectivity index (χ4n) is 14.2. The molecule has 15 atom stereocenters. The monoisotopic (exact) mass is 1470 g/mol. The van der Waals surface area contributed by atoms with Crippen molar-refractivity contribution in [1.29, 1.82) is 0 Å². The van der Waals surface area contributed by atoms with E-state index in [-0.39, 0.29) is 61.6 Å². The van der Waals surface area contributed by atoms with Crippen molar-refractivity contribution in [3.63, 3.8) is 0 Å². The van der Waals surface area contributed by atoms with E-state index >= 15 is 0 Å². The molecule has 3 aromatic heterocycles. The first kappa shape index (κ1) is 77.0. The van der Waals surface area contributed by atoms with Gasteiger partial charge in [0, 0.05) is 98.3 Å². The first-order valence-electron chi connectivity index (χ1n) is 31.3. The second-order valence-electron chi connectivity index (χ2n) is 25.7. The standard InChI is InChI=1S/C21H16F5N3O4.C15H14F2N2O5.C12H20F2N2O2.C10H10O7.C7H6F3N/c22-7-1-11(23)9(12(24)2-7)4-27-20(32)10-5-28-6-14-8-3-13(16(26)15(8)25)29(14)21(33)17(28)19(31)18(10)30;1-24-13-11-14(21)19-7-2-5(9(16)10(7)17)8(19)4-18(11)3-6(12(13)20)15(22)23;1-12(2,3)18-11(17)16-7-4-6(8(16)5-15)9(13)10(7)14;1-14-7-6(11)5(9(12)15-2)4-17-8(7)10(13)16-3;8-4-1-6(9)5(3-11)7(10)2-4/h1-2,5,8,13-16,31H,3-4,6H2,(H,27,32);3,5,7-10H,2,4H2,1H3,(H,22,23);6-10H,4-5,15H2,1-3H3;4H,1-3H3;1-2H,3,11H2/t8-,13-,14+,15?,16?;5-,7-,8+,9?,10?;6-,7-,8+,9?,10?;;/m111../s1. The Hall–Kier alpha value is -10.1. The van der Waals surface area contributed by atoms with E-state index in [1.807, 2.05) is 0 Å². The summed E-state index contributed by atoms with van der Waals surface area (Å²) in [4.78, 5) is 124. The Balaban J connectivity index is 0.000000157. The van der Waals surface area contributed by atoms with Crippen LogP contribution in [0.5, 0.6) is 17.2 Å². The molecule has 8 aliphatic rings. The third kappa shape index (κ3) is 14.2. The molecule has 558 valence electrons. The summed E-state index contributed by atoms with van der Waals surface area (Å²) in [6.07, 6.45) is -7.14. The lowest BCUT2D eigenvalue weighted by atomic mass is 9.93. The van der Waals surface area contributed by atoms with E-state index in [4.69, 9.17) is 35.2 Å². The lowest BCUT2D eigenvalue weighted by Gasteiger charge is -2.42. The molecule has 3 saturated heterocycles. The third-order valence-corrected chi connectivity index (χ3v) is 18.8. The van der Waals surface area contributed by atoms with Gasteiger partial charge in [0.1, 0.15) is 82.0 Å². The van der Waals surface area contributed by atoms with Gasteiger partial charge in [0.25, 0.3) is 23.5 Å². The normalized spacial score (nSPS) is 26.1. The number of carbonyl (C=O) groups excluding carboxylic acids is 6. The Morgan fingerprint density at radius 1 is 0.583 bits per heavy atom. The maximum atomic E-state index is 14.2. The zero-order valence-corrected chi connectivity index (χ0v) is 55.2. The van der Waals surface area contributed by atoms with Crippen molar-refractivity contribution in [2.75, 3.05) is 35.0 Å². The summed E-state index contributed by atoms with van der Waals surface area (Å²) in [6.45, 7) is 4.38. The van der Waals surface area contributed by atoms with Crippen LogP contribution in [0.15, 0.2) is 61.7 Å². The average molecular weight is 1480 g/mol. The fourth-order valence-corrected chi connectivity index (χ4v) is 14.2. The minimum absolute atomic E-state index is 0.0787. The number of carboxylic acid groups (broad SMARTS) is 1. The summed E-state index contributed by atoms with van der Waals surface area (Å²) in [5, 5.41) is 21.6. The molecule has 5 aromatic rings. The van der Waals surface area contributed by atoms with E-state index in [1.54, 1.807) is 20.8 Å². The lowest BCUT2D eigenvalue weighted by Crippen LogP contribution is -2.58. The largest absolute Gasteiger partial charge is 0.503 e. The number of ether oxygens (including phenoxy) is 5. The number of amides is 4. The number of nitrogens with two attached hydrogens (primary N) is 2. The topological polar surface area (TPSA) is 354 Å². The van der Waals surface area contributed by atoms with E-state index in [0.29, 0.717) is 30.7 Å². The molecule has 103 heavy (non-hydrogen) atoms. The first-order valence-corrected chi connectivity index (χ1v) is 31.3. The van der Waals surface area contributed by atoms with E-state index in [2.05, 4.69) is 14.8 Å². The molecule has 8 heterocycles. The van der Waals surface area contributed by atoms with E-state index in [9.17, 15) is 106 Å². The number of aromatic hydroxyl groups is 1. The highest BCUT2D eigenvalue weighted by atomic mass is 19.2. The van der Waals surface area contributed by atoms with E-state index in [0.717, 1.165) is 49.5 Å². The summed E-state index contributed by atoms with van der Waals surface area (Å²) < 4.78 is 193. The fraction of sp³-hybridized carbons (Fsp3) is 0.477. The quantitative estimate of drug-likeness (QED) is 0.0638. The highest BCUT2D eigenvalue weighted by Gasteiger charge is 2.64. The van der Waals surface area contributed by atoms with Crippen LogP contribution in [0.4, 0.5) is 57.5 Å². The van der Waals surface area contributed by atoms with Crippen LogP contribution in [0.25, 0.3) is 0 Å². The maximum Gasteiger partial charge on any atom is 0.410 e. The molecule has 3 aliphatic carbocycles. The molecule has 6 fully saturated rings. The van der Waals surface area contributed by atoms with Gasteiger partial charge in [-0.1, -0.05) is 0 Å². The van der Waals surface area contributed by atoms with Crippen LogP contribution in [-0.4, -0.2) is 190 Å². The first-order chi connectivity index (χ1) is 48.4. The molecule has 0 spiro atoms. The van der Waals surface area contributed by atoms with Gasteiger partial charge in [-0.05, 0) is 40.0 Å². The number of nitrogens with zero attached hydrogens (tertiary/aromatic N) is 5. The number of aromatic carboxylic acids is 1. The summed E-state index contributed by atoms with van der Waals surface area (Å²) in [6, 6.07) is -2.22. The van der Waals surface area contributed by atoms with Gasteiger partial charge >= 0.3 is 24.0 Å². The predicted molar refractivity (Wildman–Crippen MR) is 328 cm³/mol. The van der Waals surface area contributed by atoms with Gasteiger partial charge in [0.05, 0.1) is 64.7 Å². The number of esters is 2. The van der Waals surface area contributed by atoms with Crippen molar-refractivity contribution in [2.24, 2.45) is 29.2 Å². The number of methoxy groups -OCH3 is 4. The van der Waals surface area contributed by atoms with Crippen molar-refractivity contribution < 1.29 is 125 Å². The van der Waals surface area contributed by atoms with Crippen LogP contribution in [0.2, 0.25) is 0 Å². The Kier molecular flexibility index (Phi) is 22.5. The summed E-state index contributed by atoms with van der Waals surface area (Å²) in [5.41, 5.74) is 4.00. The van der Waals surface area contributed by atoms with Crippen LogP contribution in [0.1, 0.15) is 114 Å². The number of nitrogens with one attached hydrogen (secondary N) is 1. The number of aromatic nitrogens is 2. The van der Waals surface area contributed by atoms with Crippen molar-refractivity contribution >= 4 is 41.7 Å². The van der Waals surface area contributed by atoms with E-state index in [1.165, 1.54) is 21.5 Å². The summed E-state index contributed by atoms with van der Waals surface area (Å²) in [5.74, 6) is -16.3. The number of alkyl halides is 6. The number of benzene rings is 2. The maximum absolute atomic E-state index is 14.2. The van der Waals surface area contributed by atoms with Crippen molar-refractivity contribution in [2.45, 2.75) is 145 Å². The molecule has 4 amide bonds. The number of fused-ring (bicyclic) bond motifs is 14. The number of hydrogen-bond acceptors (Lipinski definition) is 19. The van der Waals surface area contributed by atoms with Gasteiger partial charge < -0.3 is 74.0 Å². The number of carbonyl (C=O) groups is 7. The molecule has 38 heteroatoms. The lowest BCUT2D eigenvalue weighted by molar-refractivity contribution is -0.0207. The van der Waals surface area contributed by atoms with Gasteiger partial charge in [0.15, 0.2) is 41.4 Å². The van der Waals surface area contributed by atoms with Crippen LogP contribution >= 0.6 is 0 Å². The van der Waals surface area contributed by atoms with Crippen LogP contribution < -0.4 is 42.5 Å². The molecule has 5 aliphatic heterocycles. The minimum atomic E-state index is -1.85. The van der Waals surface area contributed by atoms with Gasteiger partial charge in [0.2, 0.25) is 22.0 Å². The van der Waals surface area contributed by atoms with Crippen LogP contribution in [-0.2, 0) is 40.4 Å². The van der Waals surface area contributed by atoms with Crippen LogP contribution in [0, 0.1) is 52.7 Å². The molecule has 7 N–H and O–H groups in total. The van der Waals surface area contributed by atoms with Gasteiger partial charge in [-0.25, -0.2) is 71.9 Å². The molecule has 6 bridgehead atoms. The smallest absolute Gasteiger partial charge is 0.410 e. The second kappa shape index (κ2) is 30.0. The number of piperidine rings is 3. The van der Waals surface area contributed by atoms with E-state index < -0.39 is 236 Å². The Morgan fingerprint density at radius 2 is 1.03 bits per heavy atom. The highest BCUT2D eigenvalue weighted by molar-refractivity contribution is 6.00. The molecular weight excluding hydrogens is 1410 g/mol. The number of pyridine rings is 2. The summed E-state index contributed by atoms with van der Waals surface area (Å²) >= 11 is 0. The Bertz CT molecular complexity index is 4360. The predicted octanol–water partition coefficient (Wildman–Crippen LogP) is 5.68. The number of halogens is 12. The molecule has 0 radical (unpaired) electrons. The third-order valence-electron chi connectivity index (χ3n) is 18.8. The molecule has 2 aromatic carbocycles. The number of carboxylic acids is 1. The number of likely N-dealkylation sites (tertiary alicyclic amines) is 1. The van der Waals surface area contributed by atoms with Gasteiger partial charge in [-0.15, -0.1) is 0 Å². The van der Waals surface area contributed by atoms with Crippen LogP contribution in [0.3, 0.4) is 0 Å². The molecule has 3 saturated carbocycles. The SMILES string of the molecule is CC(C)(C)OC(=O)N1[C@@H]2C[C@@H](C(F)C2F)[C@@H]1CN.COC(=O)c1occ(C(=O)OC)c(=O)c1OC.COc1c2n(cc(C(=O)O)c1=O)C[C@H]1[C@H]3C[C@H](C(F)C3F)N1C2=O.NCc1c(F)cc(F)cc1F.O=C(NCc1c(F)cc(F)cc1F)c1cn2c(c(O)c1=O)C(=O)N1[C@@H]3C[C@@H](C(F)C3F)[C@@H]1C2. The zero-order chi connectivity index (χ0) is 76.2. The molecular formula is C65H66F12N8O18. The van der Waals surface area contributed by atoms with Crippen molar-refractivity contribution in [3.8, 4) is 17.2 Å². The molecule has 6 unspecified atom stereocenters. The average Bonchev–Trinajstić information content (AvgIpc) is 1.60. The zero-order valence-electron chi connectivity index (χ0n) is 55.2. The summed E-state index contributed by atoms with van der Waals surface area (Å²) in [7, 11) is 4.56. The second-order valence-corrected chi connectivity index (χ2v) is 25.7. The Morgan fingerprint density at radius 3 is 1.50 bits per heavy atom. The highest BCUT2D eigenvalue weighted by Crippen LogP contribution is 2.51. The molecule has 13 rings (SSSR count). The van der Waals surface area contributed by atoms with Gasteiger partial charge in [-0.2, -0.15) is 0 Å². The van der Waals surface area contributed by atoms with Gasteiger partial charge in [-0.3, -0.25) is 33.7 Å². The van der Waals surface area contributed by atoms with Crippen molar-refractivity contribution in [3.05, 3.63) is 153 Å².